The number of amides is 4. The SMILES string of the molecule is C=CCN1CC(=O)N2[C@@H](Cc3ccc(O[PH](=O)OC)cc3)C(=O)N(Cc3cccc4c(Cl)n[nH]c34)C[C@@H]2N1C(=O)NCc1ccccc1. The van der Waals surface area contributed by atoms with E-state index < -0.39 is 26.5 Å². The third kappa shape index (κ3) is 6.95. The molecule has 4 aromatic rings. The molecule has 3 aromatic carbocycles. The second-order valence-electron chi connectivity index (χ2n) is 11.4. The van der Waals surface area contributed by atoms with Crippen LogP contribution in [0.15, 0.2) is 85.5 Å². The Morgan fingerprint density at radius 2 is 1.88 bits per heavy atom. The predicted octanol–water partition coefficient (Wildman–Crippen LogP) is 4.37. The number of benzene rings is 3. The van der Waals surface area contributed by atoms with E-state index in [-0.39, 0.29) is 51.0 Å². The topological polar surface area (TPSA) is 140 Å². The molecular formula is C33H35ClN7O6P. The van der Waals surface area contributed by atoms with Crippen molar-refractivity contribution < 1.29 is 28.0 Å². The van der Waals surface area contributed by atoms with Gasteiger partial charge in [0, 0.05) is 38.6 Å². The standard InChI is InChI=1S/C33H35ClN7O6P/c1-3-16-39-21-29(42)40-27(17-22-12-14-25(15-13-22)47-48(45)46-2)32(43)38(19-24-10-7-11-26-30(24)36-37-31(26)34)20-28(40)41(39)33(44)35-18-23-8-5-4-6-9-23/h3-15,27-28,48H,1,16-21H2,2H3,(H,35,44)(H,36,37)/t27-,28-/m0/s1. The van der Waals surface area contributed by atoms with Crippen LogP contribution in [0.2, 0.25) is 5.15 Å². The number of aromatic amines is 1. The van der Waals surface area contributed by atoms with Crippen molar-refractivity contribution in [2.24, 2.45) is 0 Å². The smallest absolute Gasteiger partial charge is 0.367 e. The summed E-state index contributed by atoms with van der Waals surface area (Å²) in [7, 11) is -1.39. The van der Waals surface area contributed by atoms with Crippen molar-refractivity contribution in [2.75, 3.05) is 26.7 Å². The maximum absolute atomic E-state index is 14.4. The third-order valence-electron chi connectivity index (χ3n) is 8.38. The lowest BCUT2D eigenvalue weighted by molar-refractivity contribution is -0.189. The van der Waals surface area contributed by atoms with Crippen LogP contribution in [0.4, 0.5) is 4.79 Å². The molecule has 3 heterocycles. The summed E-state index contributed by atoms with van der Waals surface area (Å²) in [5, 5.41) is 14.3. The molecule has 2 aliphatic heterocycles. The maximum atomic E-state index is 14.4. The number of piperazine rings is 1. The van der Waals surface area contributed by atoms with Gasteiger partial charge in [0.05, 0.1) is 18.6 Å². The molecule has 2 N–H and O–H groups in total. The molecule has 15 heteroatoms. The summed E-state index contributed by atoms with van der Waals surface area (Å²) in [6, 6.07) is 20.5. The highest BCUT2D eigenvalue weighted by Crippen LogP contribution is 2.32. The number of aromatic nitrogens is 2. The number of hydrogen-bond acceptors (Lipinski definition) is 8. The maximum Gasteiger partial charge on any atom is 0.367 e. The summed E-state index contributed by atoms with van der Waals surface area (Å²) in [6.45, 7) is 4.48. The van der Waals surface area contributed by atoms with Crippen LogP contribution in [-0.2, 0) is 38.2 Å². The van der Waals surface area contributed by atoms with E-state index in [1.54, 1.807) is 40.3 Å². The van der Waals surface area contributed by atoms with Crippen molar-refractivity contribution in [3.8, 4) is 5.75 Å². The van der Waals surface area contributed by atoms with Gasteiger partial charge in [0.1, 0.15) is 18.0 Å². The minimum Gasteiger partial charge on any atom is -0.426 e. The lowest BCUT2D eigenvalue weighted by atomic mass is 9.98. The fourth-order valence-electron chi connectivity index (χ4n) is 6.16. The molecule has 48 heavy (non-hydrogen) atoms. The number of nitrogens with zero attached hydrogens (tertiary/aromatic N) is 5. The molecule has 1 aromatic heterocycles. The summed E-state index contributed by atoms with van der Waals surface area (Å²) in [5.41, 5.74) is 3.14. The predicted molar refractivity (Wildman–Crippen MR) is 180 cm³/mol. The summed E-state index contributed by atoms with van der Waals surface area (Å²) >= 11 is 6.29. The molecule has 2 fully saturated rings. The van der Waals surface area contributed by atoms with E-state index in [2.05, 4.69) is 22.1 Å². The molecule has 0 spiro atoms. The van der Waals surface area contributed by atoms with Gasteiger partial charge in [-0.05, 0) is 34.9 Å². The molecule has 2 saturated heterocycles. The number of nitrogens with one attached hydrogen (secondary N) is 2. The van der Waals surface area contributed by atoms with Crippen molar-refractivity contribution in [3.63, 3.8) is 0 Å². The number of halogens is 1. The van der Waals surface area contributed by atoms with Crippen molar-refractivity contribution in [1.29, 1.82) is 0 Å². The number of carbonyl (C=O) groups is 3. The van der Waals surface area contributed by atoms with Crippen molar-refractivity contribution >= 4 is 48.6 Å². The molecule has 13 nitrogen and oxygen atoms in total. The number of hydrazine groups is 1. The van der Waals surface area contributed by atoms with Crippen LogP contribution in [0, 0.1) is 0 Å². The van der Waals surface area contributed by atoms with Crippen LogP contribution < -0.4 is 9.84 Å². The Morgan fingerprint density at radius 3 is 2.60 bits per heavy atom. The van der Waals surface area contributed by atoms with E-state index in [4.69, 9.17) is 20.6 Å². The fourth-order valence-corrected chi connectivity index (χ4v) is 6.77. The Morgan fingerprint density at radius 1 is 1.10 bits per heavy atom. The van der Waals surface area contributed by atoms with Gasteiger partial charge in [0.25, 0.3) is 0 Å². The van der Waals surface area contributed by atoms with Crippen LogP contribution in [0.3, 0.4) is 0 Å². The molecule has 4 amide bonds. The van der Waals surface area contributed by atoms with Crippen LogP contribution in [-0.4, -0.2) is 86.8 Å². The largest absolute Gasteiger partial charge is 0.426 e. The van der Waals surface area contributed by atoms with Gasteiger partial charge in [0.2, 0.25) is 11.8 Å². The van der Waals surface area contributed by atoms with Gasteiger partial charge < -0.3 is 24.2 Å². The highest BCUT2D eigenvalue weighted by Gasteiger charge is 2.51. The Kier molecular flexibility index (Phi) is 10.1. The number of fused-ring (bicyclic) bond motifs is 2. The Hall–Kier alpha value is -4.68. The first-order valence-corrected chi connectivity index (χ1v) is 16.9. The van der Waals surface area contributed by atoms with E-state index in [0.717, 1.165) is 22.1 Å². The lowest BCUT2D eigenvalue weighted by Gasteiger charge is -2.55. The van der Waals surface area contributed by atoms with E-state index in [1.807, 2.05) is 48.5 Å². The minimum atomic E-state index is -2.68. The van der Waals surface area contributed by atoms with Gasteiger partial charge in [-0.2, -0.15) is 5.10 Å². The van der Waals surface area contributed by atoms with Gasteiger partial charge in [-0.3, -0.25) is 14.7 Å². The van der Waals surface area contributed by atoms with Crippen LogP contribution in [0.25, 0.3) is 10.9 Å². The van der Waals surface area contributed by atoms with E-state index in [9.17, 15) is 18.9 Å². The summed E-state index contributed by atoms with van der Waals surface area (Å²) in [6.07, 6.45) is 0.982. The van der Waals surface area contributed by atoms with E-state index in [1.165, 1.54) is 17.0 Å². The van der Waals surface area contributed by atoms with Gasteiger partial charge >= 0.3 is 14.3 Å². The highest BCUT2D eigenvalue weighted by atomic mass is 35.5. The average molecular weight is 692 g/mol. The number of para-hydroxylation sites is 1. The normalized spacial score (nSPS) is 18.9. The second kappa shape index (κ2) is 14.6. The molecule has 6 rings (SSSR count). The molecule has 250 valence electrons. The zero-order valence-electron chi connectivity index (χ0n) is 26.2. The summed E-state index contributed by atoms with van der Waals surface area (Å²) in [4.78, 5) is 45.4. The Bertz CT molecular complexity index is 1840. The zero-order chi connectivity index (χ0) is 33.8. The Balaban J connectivity index is 1.35. The molecule has 0 bridgehead atoms. The number of H-pyrrole nitrogens is 1. The van der Waals surface area contributed by atoms with Gasteiger partial charge in [-0.15, -0.1) is 6.58 Å². The van der Waals surface area contributed by atoms with E-state index in [0.29, 0.717) is 16.4 Å². The zero-order valence-corrected chi connectivity index (χ0v) is 27.9. The molecule has 0 radical (unpaired) electrons. The summed E-state index contributed by atoms with van der Waals surface area (Å²) in [5.74, 6) is -0.206. The monoisotopic (exact) mass is 691 g/mol. The molecule has 3 atom stereocenters. The molecule has 0 saturated carbocycles. The number of urea groups is 1. The second-order valence-corrected chi connectivity index (χ2v) is 12.9. The average Bonchev–Trinajstić information content (AvgIpc) is 3.48. The van der Waals surface area contributed by atoms with Crippen LogP contribution in [0.5, 0.6) is 5.75 Å². The number of rotatable bonds is 11. The van der Waals surface area contributed by atoms with Gasteiger partial charge in [-0.1, -0.05) is 72.3 Å². The van der Waals surface area contributed by atoms with Crippen molar-refractivity contribution in [3.05, 3.63) is 107 Å². The third-order valence-corrected chi connectivity index (χ3v) is 9.41. The number of hydrogen-bond donors (Lipinski definition) is 2. The number of carbonyl (C=O) groups excluding carboxylic acids is 3. The molecular weight excluding hydrogens is 657 g/mol. The minimum absolute atomic E-state index is 0.0593. The van der Waals surface area contributed by atoms with Crippen LogP contribution >= 0.6 is 19.9 Å². The first kappa shape index (κ1) is 33.2. The lowest BCUT2D eigenvalue weighted by Crippen LogP contribution is -2.76. The first-order chi connectivity index (χ1) is 23.3. The fraction of sp³-hybridized carbons (Fsp3) is 0.273. The van der Waals surface area contributed by atoms with Crippen molar-refractivity contribution in [1.82, 2.24) is 35.3 Å². The quantitative estimate of drug-likeness (QED) is 0.175. The molecule has 0 aliphatic carbocycles. The van der Waals surface area contributed by atoms with Crippen LogP contribution in [0.1, 0.15) is 16.7 Å². The molecule has 2 aliphatic rings. The molecule has 1 unspecified atom stereocenters. The van der Waals surface area contributed by atoms with Crippen molar-refractivity contribution in [2.45, 2.75) is 31.7 Å². The van der Waals surface area contributed by atoms with E-state index >= 15 is 0 Å². The highest BCUT2D eigenvalue weighted by molar-refractivity contribution is 7.33. The van der Waals surface area contributed by atoms with Gasteiger partial charge in [0.15, 0.2) is 5.15 Å². The Labute approximate surface area is 282 Å². The summed E-state index contributed by atoms with van der Waals surface area (Å²) < 4.78 is 21.8. The van der Waals surface area contributed by atoms with Gasteiger partial charge in [-0.25, -0.2) is 19.4 Å². The first-order valence-electron chi connectivity index (χ1n) is 15.3.